The van der Waals surface area contributed by atoms with Crippen molar-refractivity contribution < 1.29 is 17.9 Å². The van der Waals surface area contributed by atoms with Crippen molar-refractivity contribution in [2.45, 2.75) is 45.3 Å². The molecule has 3 rings (SSSR count). The molecular formula is C17H33ClN4O4S. The second kappa shape index (κ2) is 9.37. The Hall–Kier alpha value is -0.450. The average Bonchev–Trinajstić information content (AvgIpc) is 3.09. The maximum absolute atomic E-state index is 12.9. The fourth-order valence-corrected chi connectivity index (χ4v) is 6.25. The van der Waals surface area contributed by atoms with Gasteiger partial charge in [-0.1, -0.05) is 6.42 Å². The summed E-state index contributed by atoms with van der Waals surface area (Å²) in [7, 11) is -3.51. The lowest BCUT2D eigenvalue weighted by atomic mass is 9.94. The van der Waals surface area contributed by atoms with E-state index >= 15 is 0 Å². The number of ether oxygens (including phenoxy) is 1. The lowest BCUT2D eigenvalue weighted by molar-refractivity contribution is -0.137. The Labute approximate surface area is 169 Å². The van der Waals surface area contributed by atoms with Crippen molar-refractivity contribution >= 4 is 28.5 Å². The van der Waals surface area contributed by atoms with E-state index in [0.717, 1.165) is 19.3 Å². The van der Waals surface area contributed by atoms with Gasteiger partial charge in [-0.05, 0) is 39.2 Å². The number of hydrogen-bond acceptors (Lipinski definition) is 5. The minimum Gasteiger partial charge on any atom is -0.373 e. The van der Waals surface area contributed by atoms with Gasteiger partial charge in [0.05, 0.1) is 12.2 Å². The van der Waals surface area contributed by atoms with Crippen LogP contribution in [0.2, 0.25) is 0 Å². The standard InChI is InChI=1S/C17H32N4O4S.ClH/c1-13-11-21(12-14(2)25-13)26(23,24)20-8-6-19(7-9-20)17(22)16-5-3-4-15(16)10-18;/h13-16H,3-12,18H2,1-2H3;1H/t13?,14?,15-,16-;/m1./s1. The summed E-state index contributed by atoms with van der Waals surface area (Å²) < 4.78 is 34.5. The third-order valence-electron chi connectivity index (χ3n) is 5.87. The van der Waals surface area contributed by atoms with Gasteiger partial charge in [-0.25, -0.2) is 0 Å². The van der Waals surface area contributed by atoms with E-state index in [0.29, 0.717) is 45.8 Å². The first-order valence-electron chi connectivity index (χ1n) is 9.72. The van der Waals surface area contributed by atoms with Crippen molar-refractivity contribution in [2.75, 3.05) is 45.8 Å². The maximum Gasteiger partial charge on any atom is 0.282 e. The zero-order valence-electron chi connectivity index (χ0n) is 16.2. The van der Waals surface area contributed by atoms with Gasteiger partial charge < -0.3 is 15.4 Å². The molecule has 158 valence electrons. The van der Waals surface area contributed by atoms with Gasteiger partial charge in [0.15, 0.2) is 0 Å². The van der Waals surface area contributed by atoms with Gasteiger partial charge in [0.2, 0.25) is 5.91 Å². The first kappa shape index (κ1) is 22.8. The predicted molar refractivity (Wildman–Crippen MR) is 106 cm³/mol. The van der Waals surface area contributed by atoms with Gasteiger partial charge in [0.1, 0.15) is 0 Å². The van der Waals surface area contributed by atoms with Crippen LogP contribution in [0.4, 0.5) is 0 Å². The molecule has 1 amide bonds. The zero-order valence-corrected chi connectivity index (χ0v) is 17.9. The van der Waals surface area contributed by atoms with Gasteiger partial charge in [0.25, 0.3) is 10.2 Å². The molecule has 27 heavy (non-hydrogen) atoms. The van der Waals surface area contributed by atoms with E-state index in [-0.39, 0.29) is 42.4 Å². The number of amides is 1. The zero-order chi connectivity index (χ0) is 18.9. The topological polar surface area (TPSA) is 96.2 Å². The Bertz CT molecular complexity index is 602. The molecule has 0 bridgehead atoms. The molecule has 2 N–H and O–H groups in total. The van der Waals surface area contributed by atoms with Crippen LogP contribution >= 0.6 is 12.4 Å². The summed E-state index contributed by atoms with van der Waals surface area (Å²) in [5.74, 6) is 0.452. The van der Waals surface area contributed by atoms with Gasteiger partial charge in [-0.2, -0.15) is 17.0 Å². The summed E-state index contributed by atoms with van der Waals surface area (Å²) in [6.07, 6.45) is 2.77. The van der Waals surface area contributed by atoms with Crippen LogP contribution < -0.4 is 5.73 Å². The quantitative estimate of drug-likeness (QED) is 0.699. The Morgan fingerprint density at radius 1 is 1.04 bits per heavy atom. The lowest BCUT2D eigenvalue weighted by Gasteiger charge is -2.40. The van der Waals surface area contributed by atoms with Gasteiger partial charge in [-0.3, -0.25) is 4.79 Å². The molecule has 3 aliphatic rings. The van der Waals surface area contributed by atoms with E-state index in [2.05, 4.69) is 0 Å². The molecule has 0 radical (unpaired) electrons. The Kier molecular flexibility index (Phi) is 7.92. The number of nitrogens with zero attached hydrogens (tertiary/aromatic N) is 3. The minimum atomic E-state index is -3.51. The highest BCUT2D eigenvalue weighted by Crippen LogP contribution is 2.32. The lowest BCUT2D eigenvalue weighted by Crippen LogP contribution is -2.58. The highest BCUT2D eigenvalue weighted by molar-refractivity contribution is 7.86. The van der Waals surface area contributed by atoms with Gasteiger partial charge in [-0.15, -0.1) is 12.4 Å². The van der Waals surface area contributed by atoms with E-state index in [1.54, 1.807) is 0 Å². The molecule has 2 saturated heterocycles. The van der Waals surface area contributed by atoms with Crippen molar-refractivity contribution in [3.05, 3.63) is 0 Å². The molecule has 1 aliphatic carbocycles. The van der Waals surface area contributed by atoms with Crippen LogP contribution in [0.3, 0.4) is 0 Å². The van der Waals surface area contributed by atoms with Gasteiger partial charge >= 0.3 is 0 Å². The molecule has 2 unspecified atom stereocenters. The molecule has 0 aromatic heterocycles. The Morgan fingerprint density at radius 2 is 1.63 bits per heavy atom. The van der Waals surface area contributed by atoms with Crippen LogP contribution in [0.15, 0.2) is 0 Å². The first-order valence-corrected chi connectivity index (χ1v) is 11.1. The summed E-state index contributed by atoms with van der Waals surface area (Å²) in [6, 6.07) is 0. The van der Waals surface area contributed by atoms with E-state index in [4.69, 9.17) is 10.5 Å². The molecule has 8 nitrogen and oxygen atoms in total. The van der Waals surface area contributed by atoms with Crippen molar-refractivity contribution in [2.24, 2.45) is 17.6 Å². The molecule has 0 aromatic rings. The largest absolute Gasteiger partial charge is 0.373 e. The van der Waals surface area contributed by atoms with Crippen LogP contribution in [0, 0.1) is 11.8 Å². The Morgan fingerprint density at radius 3 is 2.19 bits per heavy atom. The van der Waals surface area contributed by atoms with Crippen LogP contribution in [0.5, 0.6) is 0 Å². The second-order valence-corrected chi connectivity index (χ2v) is 9.77. The minimum absolute atomic E-state index is 0. The fraction of sp³-hybridized carbons (Fsp3) is 0.941. The monoisotopic (exact) mass is 424 g/mol. The number of carbonyl (C=O) groups excluding carboxylic acids is 1. The van der Waals surface area contributed by atoms with E-state index in [1.165, 1.54) is 8.61 Å². The van der Waals surface area contributed by atoms with Crippen molar-refractivity contribution in [1.29, 1.82) is 0 Å². The van der Waals surface area contributed by atoms with Crippen molar-refractivity contribution in [1.82, 2.24) is 13.5 Å². The van der Waals surface area contributed by atoms with E-state index in [1.807, 2.05) is 18.7 Å². The summed E-state index contributed by atoms with van der Waals surface area (Å²) in [5.41, 5.74) is 5.80. The van der Waals surface area contributed by atoms with E-state index < -0.39 is 10.2 Å². The third kappa shape index (κ3) is 4.94. The highest BCUT2D eigenvalue weighted by Gasteiger charge is 2.39. The molecule has 2 aliphatic heterocycles. The van der Waals surface area contributed by atoms with Crippen LogP contribution in [-0.4, -0.2) is 85.9 Å². The molecular weight excluding hydrogens is 392 g/mol. The summed E-state index contributed by atoms with van der Waals surface area (Å²) in [5, 5.41) is 0. The highest BCUT2D eigenvalue weighted by atomic mass is 35.5. The number of piperazine rings is 1. The number of rotatable bonds is 4. The van der Waals surface area contributed by atoms with Gasteiger partial charge in [0, 0.05) is 45.2 Å². The predicted octanol–water partition coefficient (Wildman–Crippen LogP) is 0.281. The second-order valence-electron chi connectivity index (χ2n) is 7.84. The smallest absolute Gasteiger partial charge is 0.282 e. The SMILES string of the molecule is CC1CN(S(=O)(=O)N2CCN(C(=O)[C@@H]3CCC[C@@H]3CN)CC2)CC(C)O1.Cl. The molecule has 2 heterocycles. The number of hydrogen-bond donors (Lipinski definition) is 1. The first-order chi connectivity index (χ1) is 12.3. The van der Waals surface area contributed by atoms with E-state index in [9.17, 15) is 13.2 Å². The van der Waals surface area contributed by atoms with Crippen molar-refractivity contribution in [3.63, 3.8) is 0 Å². The molecule has 0 aromatic carbocycles. The normalized spacial score (nSPS) is 33.7. The number of carbonyl (C=O) groups is 1. The summed E-state index contributed by atoms with van der Waals surface area (Å²) >= 11 is 0. The number of halogens is 1. The van der Waals surface area contributed by atoms with Crippen LogP contribution in [0.1, 0.15) is 33.1 Å². The number of morpholine rings is 1. The van der Waals surface area contributed by atoms with Crippen LogP contribution in [0.25, 0.3) is 0 Å². The molecule has 0 spiro atoms. The summed E-state index contributed by atoms with van der Waals surface area (Å²) in [6.45, 7) is 6.73. The molecule has 3 fully saturated rings. The average molecular weight is 425 g/mol. The Balaban J connectivity index is 0.00000261. The summed E-state index contributed by atoms with van der Waals surface area (Å²) in [4.78, 5) is 14.6. The van der Waals surface area contributed by atoms with Crippen LogP contribution in [-0.2, 0) is 19.7 Å². The van der Waals surface area contributed by atoms with Crippen molar-refractivity contribution in [3.8, 4) is 0 Å². The number of nitrogens with two attached hydrogens (primary N) is 1. The molecule has 10 heteroatoms. The third-order valence-corrected chi connectivity index (χ3v) is 7.84. The molecule has 1 saturated carbocycles. The molecule has 4 atom stereocenters. The fourth-order valence-electron chi connectivity index (χ4n) is 4.50. The maximum atomic E-state index is 12.9.